The van der Waals surface area contributed by atoms with Crippen LogP contribution in [0.2, 0.25) is 0 Å². The fourth-order valence-corrected chi connectivity index (χ4v) is 1.45. The molecule has 0 saturated heterocycles. The molecular weight excluding hydrogens is 192 g/mol. The van der Waals surface area contributed by atoms with Crippen molar-refractivity contribution in [3.63, 3.8) is 0 Å². The maximum absolute atomic E-state index is 10.2. The van der Waals surface area contributed by atoms with Crippen molar-refractivity contribution < 1.29 is 9.90 Å². The average Bonchev–Trinajstić information content (AvgIpc) is 2.15. The minimum Gasteiger partial charge on any atom is -0.465 e. The SMILES string of the molecule is Cc1cccc(C)c1CNCNC(=O)O. The Hall–Kier alpha value is -1.55. The Balaban J connectivity index is 2.47. The first-order chi connectivity index (χ1) is 7.11. The minimum absolute atomic E-state index is 0.267. The average molecular weight is 208 g/mol. The van der Waals surface area contributed by atoms with Crippen molar-refractivity contribution in [3.8, 4) is 0 Å². The molecule has 82 valence electrons. The zero-order chi connectivity index (χ0) is 11.3. The first kappa shape index (κ1) is 11.5. The molecule has 0 aromatic heterocycles. The molecule has 0 saturated carbocycles. The van der Waals surface area contributed by atoms with E-state index in [4.69, 9.17) is 5.11 Å². The molecule has 4 heteroatoms. The monoisotopic (exact) mass is 208 g/mol. The van der Waals surface area contributed by atoms with E-state index < -0.39 is 6.09 Å². The molecular formula is C11H16N2O2. The van der Waals surface area contributed by atoms with Gasteiger partial charge in [-0.2, -0.15) is 0 Å². The van der Waals surface area contributed by atoms with Gasteiger partial charge in [-0.15, -0.1) is 0 Å². The predicted molar refractivity (Wildman–Crippen MR) is 58.8 cm³/mol. The van der Waals surface area contributed by atoms with Crippen LogP contribution in [0, 0.1) is 13.8 Å². The lowest BCUT2D eigenvalue weighted by molar-refractivity contribution is 0.193. The molecule has 0 atom stereocenters. The van der Waals surface area contributed by atoms with Crippen LogP contribution < -0.4 is 10.6 Å². The molecule has 0 radical (unpaired) electrons. The van der Waals surface area contributed by atoms with Crippen molar-refractivity contribution in [2.24, 2.45) is 0 Å². The van der Waals surface area contributed by atoms with Crippen LogP contribution in [-0.2, 0) is 6.54 Å². The van der Waals surface area contributed by atoms with Crippen molar-refractivity contribution in [1.82, 2.24) is 10.6 Å². The fraction of sp³-hybridized carbons (Fsp3) is 0.364. The van der Waals surface area contributed by atoms with Crippen molar-refractivity contribution in [3.05, 3.63) is 34.9 Å². The highest BCUT2D eigenvalue weighted by Crippen LogP contribution is 2.12. The highest BCUT2D eigenvalue weighted by atomic mass is 16.4. The van der Waals surface area contributed by atoms with Crippen LogP contribution in [0.25, 0.3) is 0 Å². The molecule has 0 heterocycles. The van der Waals surface area contributed by atoms with Gasteiger partial charge >= 0.3 is 6.09 Å². The number of aryl methyl sites for hydroxylation is 2. The van der Waals surface area contributed by atoms with Crippen molar-refractivity contribution in [2.75, 3.05) is 6.67 Å². The van der Waals surface area contributed by atoms with Crippen LogP contribution in [0.3, 0.4) is 0 Å². The molecule has 1 amide bonds. The van der Waals surface area contributed by atoms with Crippen molar-refractivity contribution >= 4 is 6.09 Å². The van der Waals surface area contributed by atoms with Crippen LogP contribution in [0.1, 0.15) is 16.7 Å². The van der Waals surface area contributed by atoms with Gasteiger partial charge in [0.25, 0.3) is 0 Å². The summed E-state index contributed by atoms with van der Waals surface area (Å²) in [7, 11) is 0. The van der Waals surface area contributed by atoms with Crippen molar-refractivity contribution in [2.45, 2.75) is 20.4 Å². The van der Waals surface area contributed by atoms with Gasteiger partial charge < -0.3 is 10.4 Å². The molecule has 4 nitrogen and oxygen atoms in total. The molecule has 0 aliphatic rings. The number of benzene rings is 1. The van der Waals surface area contributed by atoms with Gasteiger partial charge in [0.05, 0.1) is 6.67 Å². The second-order valence-corrected chi connectivity index (χ2v) is 3.46. The number of nitrogens with one attached hydrogen (secondary N) is 2. The highest BCUT2D eigenvalue weighted by Gasteiger charge is 2.01. The second kappa shape index (κ2) is 5.36. The van der Waals surface area contributed by atoms with Crippen LogP contribution in [0.5, 0.6) is 0 Å². The van der Waals surface area contributed by atoms with Crippen LogP contribution in [0.15, 0.2) is 18.2 Å². The maximum atomic E-state index is 10.2. The maximum Gasteiger partial charge on any atom is 0.405 e. The molecule has 0 bridgehead atoms. The van der Waals surface area contributed by atoms with E-state index in [2.05, 4.69) is 36.6 Å². The molecule has 0 fully saturated rings. The molecule has 0 aliphatic carbocycles. The summed E-state index contributed by atoms with van der Waals surface area (Å²) >= 11 is 0. The van der Waals surface area contributed by atoms with E-state index in [9.17, 15) is 4.79 Å². The van der Waals surface area contributed by atoms with Crippen LogP contribution in [0.4, 0.5) is 4.79 Å². The van der Waals surface area contributed by atoms with Gasteiger partial charge in [0.15, 0.2) is 0 Å². The van der Waals surface area contributed by atoms with Gasteiger partial charge in [-0.25, -0.2) is 4.79 Å². The standard InChI is InChI=1S/C11H16N2O2/c1-8-4-3-5-9(2)10(8)6-12-7-13-11(14)15/h3-5,12-13H,6-7H2,1-2H3,(H,14,15). The fourth-order valence-electron chi connectivity index (χ4n) is 1.45. The quantitative estimate of drug-likeness (QED) is 0.520. The molecule has 1 aromatic carbocycles. The Bertz CT molecular complexity index is 330. The van der Waals surface area contributed by atoms with E-state index >= 15 is 0 Å². The molecule has 0 aliphatic heterocycles. The second-order valence-electron chi connectivity index (χ2n) is 3.46. The lowest BCUT2D eigenvalue weighted by Crippen LogP contribution is -2.32. The number of amides is 1. The van der Waals surface area contributed by atoms with E-state index in [1.54, 1.807) is 0 Å². The van der Waals surface area contributed by atoms with E-state index in [0.717, 1.165) is 0 Å². The first-order valence-corrected chi connectivity index (χ1v) is 4.84. The summed E-state index contributed by atoms with van der Waals surface area (Å²) in [5.74, 6) is 0. The molecule has 1 aromatic rings. The summed E-state index contributed by atoms with van der Waals surface area (Å²) in [6.07, 6.45) is -1.01. The van der Waals surface area contributed by atoms with Crippen molar-refractivity contribution in [1.29, 1.82) is 0 Å². The zero-order valence-corrected chi connectivity index (χ0v) is 9.00. The smallest absolute Gasteiger partial charge is 0.405 e. The van der Waals surface area contributed by atoms with Crippen LogP contribution in [-0.4, -0.2) is 17.9 Å². The Kier molecular flexibility index (Phi) is 4.12. The Morgan fingerprint density at radius 3 is 2.47 bits per heavy atom. The number of carboxylic acid groups (broad SMARTS) is 1. The molecule has 3 N–H and O–H groups in total. The lowest BCUT2D eigenvalue weighted by Gasteiger charge is -2.10. The summed E-state index contributed by atoms with van der Waals surface area (Å²) in [6.45, 7) is 5.05. The zero-order valence-electron chi connectivity index (χ0n) is 9.00. The molecule has 1 rings (SSSR count). The van der Waals surface area contributed by atoms with E-state index in [-0.39, 0.29) is 6.67 Å². The number of carbonyl (C=O) groups is 1. The third kappa shape index (κ3) is 3.59. The van der Waals surface area contributed by atoms with Gasteiger partial charge in [-0.1, -0.05) is 18.2 Å². The number of hydrogen-bond donors (Lipinski definition) is 3. The van der Waals surface area contributed by atoms with Crippen LogP contribution >= 0.6 is 0 Å². The number of hydrogen-bond acceptors (Lipinski definition) is 2. The van der Waals surface area contributed by atoms with Gasteiger partial charge in [-0.05, 0) is 30.5 Å². The summed E-state index contributed by atoms with van der Waals surface area (Å²) < 4.78 is 0. The Labute approximate surface area is 89.3 Å². The Morgan fingerprint density at radius 1 is 1.33 bits per heavy atom. The third-order valence-electron chi connectivity index (χ3n) is 2.31. The summed E-state index contributed by atoms with van der Waals surface area (Å²) in [4.78, 5) is 10.2. The van der Waals surface area contributed by atoms with Gasteiger partial charge in [0, 0.05) is 6.54 Å². The third-order valence-corrected chi connectivity index (χ3v) is 2.31. The lowest BCUT2D eigenvalue weighted by atomic mass is 10.0. The van der Waals surface area contributed by atoms with Gasteiger partial charge in [0.1, 0.15) is 0 Å². The predicted octanol–water partition coefficient (Wildman–Crippen LogP) is 1.62. The van der Waals surface area contributed by atoms with E-state index in [0.29, 0.717) is 6.54 Å². The summed E-state index contributed by atoms with van der Waals surface area (Å²) in [5, 5.41) is 13.7. The number of rotatable bonds is 4. The normalized spacial score (nSPS) is 10.0. The Morgan fingerprint density at radius 2 is 1.93 bits per heavy atom. The molecule has 15 heavy (non-hydrogen) atoms. The topological polar surface area (TPSA) is 61.4 Å². The summed E-state index contributed by atoms with van der Waals surface area (Å²) in [6, 6.07) is 6.12. The first-order valence-electron chi connectivity index (χ1n) is 4.84. The van der Waals surface area contributed by atoms with Gasteiger partial charge in [-0.3, -0.25) is 5.32 Å². The molecule has 0 spiro atoms. The highest BCUT2D eigenvalue weighted by molar-refractivity contribution is 5.64. The van der Waals surface area contributed by atoms with E-state index in [1.807, 2.05) is 6.07 Å². The minimum atomic E-state index is -1.01. The summed E-state index contributed by atoms with van der Waals surface area (Å²) in [5.41, 5.74) is 3.67. The largest absolute Gasteiger partial charge is 0.465 e. The van der Waals surface area contributed by atoms with Gasteiger partial charge in [0.2, 0.25) is 0 Å². The van der Waals surface area contributed by atoms with E-state index in [1.165, 1.54) is 16.7 Å². The molecule has 0 unspecified atom stereocenters.